The third-order valence-electron chi connectivity index (χ3n) is 2.24. The van der Waals surface area contributed by atoms with Crippen LogP contribution in [-0.2, 0) is 0 Å². The lowest BCUT2D eigenvalue weighted by Crippen LogP contribution is -2.30. The van der Waals surface area contributed by atoms with Crippen molar-refractivity contribution in [3.05, 3.63) is 23.0 Å². The van der Waals surface area contributed by atoms with E-state index in [1.807, 2.05) is 0 Å². The van der Waals surface area contributed by atoms with Gasteiger partial charge in [0.2, 0.25) is 0 Å². The molecule has 1 atom stereocenters. The van der Waals surface area contributed by atoms with Crippen LogP contribution >= 0.6 is 35.0 Å². The van der Waals surface area contributed by atoms with Gasteiger partial charge in [-0.05, 0) is 12.1 Å². The average Bonchev–Trinajstić information content (AvgIpc) is 2.33. The summed E-state index contributed by atoms with van der Waals surface area (Å²) in [6.45, 7) is -0.764. The molecular weight excluding hydrogens is 382 g/mol. The first-order chi connectivity index (χ1) is 9.90. The highest BCUT2D eigenvalue weighted by Gasteiger charge is 2.38. The minimum atomic E-state index is -4.66. The van der Waals surface area contributed by atoms with Gasteiger partial charge in [-0.2, -0.15) is 26.3 Å². The van der Waals surface area contributed by atoms with Gasteiger partial charge >= 0.3 is 12.4 Å². The topological polar surface area (TPSA) is 12.0 Å². The quantitative estimate of drug-likeness (QED) is 0.393. The molecule has 11 heteroatoms. The van der Waals surface area contributed by atoms with E-state index in [-0.39, 0.29) is 27.4 Å². The highest BCUT2D eigenvalue weighted by molar-refractivity contribution is 7.99. The summed E-state index contributed by atoms with van der Waals surface area (Å²) in [6.07, 6.45) is -9.17. The molecule has 0 aliphatic rings. The van der Waals surface area contributed by atoms with Crippen LogP contribution in [0, 0.1) is 5.82 Å². The molecule has 1 nitrogen and oxygen atoms in total. The van der Waals surface area contributed by atoms with Crippen molar-refractivity contribution in [2.24, 2.45) is 0 Å². The van der Waals surface area contributed by atoms with Crippen molar-refractivity contribution in [2.75, 3.05) is 17.6 Å². The summed E-state index contributed by atoms with van der Waals surface area (Å²) < 4.78 is 86.6. The van der Waals surface area contributed by atoms with Gasteiger partial charge < -0.3 is 5.32 Å². The standard InChI is InChI=1S/C11H8Cl2F7NS/c12-5-1-6(14)8(22-4-10(15,16)17)2-7(5)21-3-9(13)11(18,19)20/h1-2,9,21H,3-4H2. The molecule has 0 aliphatic carbocycles. The van der Waals surface area contributed by atoms with Crippen LogP contribution in [0.4, 0.5) is 36.4 Å². The maximum absolute atomic E-state index is 13.5. The zero-order valence-corrected chi connectivity index (χ0v) is 12.8. The van der Waals surface area contributed by atoms with Crippen LogP contribution in [0.1, 0.15) is 0 Å². The summed E-state index contributed by atoms with van der Waals surface area (Å²) >= 11 is 10.9. The van der Waals surface area contributed by atoms with Gasteiger partial charge in [-0.1, -0.05) is 11.6 Å². The molecule has 1 aromatic rings. The Balaban J connectivity index is 2.83. The maximum Gasteiger partial charge on any atom is 0.406 e. The second kappa shape index (κ2) is 7.35. The lowest BCUT2D eigenvalue weighted by molar-refractivity contribution is -0.127. The summed E-state index contributed by atoms with van der Waals surface area (Å²) in [5.74, 6) is -2.34. The first-order valence-electron chi connectivity index (χ1n) is 5.53. The first kappa shape index (κ1) is 19.5. The Bertz CT molecular complexity index is 518. The molecule has 0 saturated heterocycles. The Hall–Kier alpha value is -0.540. The molecule has 0 saturated carbocycles. The third kappa shape index (κ3) is 6.29. The van der Waals surface area contributed by atoms with Crippen molar-refractivity contribution >= 4 is 40.7 Å². The molecule has 1 rings (SSSR count). The number of rotatable bonds is 5. The van der Waals surface area contributed by atoms with Crippen LogP contribution in [0.15, 0.2) is 17.0 Å². The first-order valence-corrected chi connectivity index (χ1v) is 7.33. The predicted octanol–water partition coefficient (Wildman–Crippen LogP) is 5.72. The molecule has 0 amide bonds. The molecule has 22 heavy (non-hydrogen) atoms. The van der Waals surface area contributed by atoms with E-state index >= 15 is 0 Å². The van der Waals surface area contributed by atoms with Crippen LogP contribution in [0.25, 0.3) is 0 Å². The molecule has 126 valence electrons. The summed E-state index contributed by atoms with van der Waals surface area (Å²) in [5, 5.41) is -0.247. The van der Waals surface area contributed by atoms with Crippen molar-refractivity contribution in [3.63, 3.8) is 0 Å². The van der Waals surface area contributed by atoms with Crippen molar-refractivity contribution in [1.29, 1.82) is 0 Å². The second-order valence-electron chi connectivity index (χ2n) is 4.06. The lowest BCUT2D eigenvalue weighted by Gasteiger charge is -2.16. The molecule has 1 N–H and O–H groups in total. The number of hydrogen-bond donors (Lipinski definition) is 1. The van der Waals surface area contributed by atoms with Crippen LogP contribution in [-0.4, -0.2) is 30.0 Å². The number of anilines is 1. The Kier molecular flexibility index (Phi) is 6.52. The van der Waals surface area contributed by atoms with Crippen LogP contribution in [0.5, 0.6) is 0 Å². The van der Waals surface area contributed by atoms with E-state index in [9.17, 15) is 30.7 Å². The van der Waals surface area contributed by atoms with Gasteiger partial charge in [0.1, 0.15) is 11.2 Å². The van der Waals surface area contributed by atoms with Gasteiger partial charge in [0.15, 0.2) is 0 Å². The zero-order valence-electron chi connectivity index (χ0n) is 10.5. The largest absolute Gasteiger partial charge is 0.406 e. The Morgan fingerprint density at radius 2 is 1.73 bits per heavy atom. The summed E-state index contributed by atoms with van der Waals surface area (Å²) in [4.78, 5) is -0.387. The van der Waals surface area contributed by atoms with Gasteiger partial charge in [-0.25, -0.2) is 4.39 Å². The van der Waals surface area contributed by atoms with E-state index in [4.69, 9.17) is 23.2 Å². The number of halogens is 9. The average molecular weight is 390 g/mol. The fourth-order valence-electron chi connectivity index (χ4n) is 1.25. The van der Waals surface area contributed by atoms with Crippen LogP contribution in [0.3, 0.4) is 0 Å². The van der Waals surface area contributed by atoms with Crippen molar-refractivity contribution in [3.8, 4) is 0 Å². The van der Waals surface area contributed by atoms with Gasteiger partial charge in [-0.15, -0.1) is 23.4 Å². The normalized spacial score (nSPS) is 14.0. The molecule has 0 bridgehead atoms. The number of thioether (sulfide) groups is 1. The molecule has 1 aromatic carbocycles. The molecule has 0 radical (unpaired) electrons. The molecule has 0 spiro atoms. The van der Waals surface area contributed by atoms with E-state index in [0.717, 1.165) is 12.1 Å². The summed E-state index contributed by atoms with van der Waals surface area (Å²) in [6, 6.07) is 1.63. The van der Waals surface area contributed by atoms with E-state index in [1.54, 1.807) is 0 Å². The smallest absolute Gasteiger partial charge is 0.382 e. The molecule has 0 aromatic heterocycles. The predicted molar refractivity (Wildman–Crippen MR) is 72.4 cm³/mol. The molecule has 0 fully saturated rings. The van der Waals surface area contributed by atoms with Gasteiger partial charge in [0.05, 0.1) is 16.5 Å². The third-order valence-corrected chi connectivity index (χ3v) is 4.05. The minimum Gasteiger partial charge on any atom is -0.382 e. The highest BCUT2D eigenvalue weighted by atomic mass is 35.5. The fourth-order valence-corrected chi connectivity index (χ4v) is 2.26. The highest BCUT2D eigenvalue weighted by Crippen LogP contribution is 2.34. The van der Waals surface area contributed by atoms with Gasteiger partial charge in [0.25, 0.3) is 0 Å². The summed E-state index contributed by atoms with van der Waals surface area (Å²) in [5.41, 5.74) is -0.136. The van der Waals surface area contributed by atoms with Crippen molar-refractivity contribution in [2.45, 2.75) is 22.6 Å². The monoisotopic (exact) mass is 389 g/mol. The van der Waals surface area contributed by atoms with Crippen LogP contribution < -0.4 is 5.32 Å². The Morgan fingerprint density at radius 1 is 1.14 bits per heavy atom. The van der Waals surface area contributed by atoms with Gasteiger partial charge in [-0.3, -0.25) is 0 Å². The maximum atomic E-state index is 13.5. The number of alkyl halides is 7. The summed E-state index contributed by atoms with van der Waals surface area (Å²) in [7, 11) is 0. The van der Waals surface area contributed by atoms with E-state index in [0.29, 0.717) is 0 Å². The fraction of sp³-hybridized carbons (Fsp3) is 0.455. The zero-order chi connectivity index (χ0) is 17.1. The van der Waals surface area contributed by atoms with Crippen molar-refractivity contribution < 1.29 is 30.7 Å². The molecule has 0 heterocycles. The number of nitrogens with one attached hydrogen (secondary N) is 1. The number of benzene rings is 1. The Morgan fingerprint density at radius 3 is 2.23 bits per heavy atom. The number of hydrogen-bond acceptors (Lipinski definition) is 2. The second-order valence-corrected chi connectivity index (χ2v) is 6.01. The lowest BCUT2D eigenvalue weighted by atomic mass is 10.3. The molecule has 0 aliphatic heterocycles. The van der Waals surface area contributed by atoms with E-state index in [2.05, 4.69) is 5.32 Å². The van der Waals surface area contributed by atoms with E-state index < -0.39 is 35.8 Å². The minimum absolute atomic E-state index is 0.136. The van der Waals surface area contributed by atoms with E-state index in [1.165, 1.54) is 0 Å². The Labute approximate surface area is 135 Å². The molecular formula is C11H8Cl2F7NS. The van der Waals surface area contributed by atoms with Crippen molar-refractivity contribution in [1.82, 2.24) is 0 Å². The van der Waals surface area contributed by atoms with Crippen LogP contribution in [0.2, 0.25) is 5.02 Å². The SMILES string of the molecule is Fc1cc(Cl)c(NCC(Cl)C(F)(F)F)cc1SCC(F)(F)F. The molecule has 1 unspecified atom stereocenters. The van der Waals surface area contributed by atoms with Gasteiger partial charge in [0, 0.05) is 11.4 Å².